The fraction of sp³-hybridized carbons (Fsp3) is 0.300. The van der Waals surface area contributed by atoms with Crippen molar-refractivity contribution in [1.29, 1.82) is 0 Å². The van der Waals surface area contributed by atoms with Gasteiger partial charge in [0, 0.05) is 4.90 Å². The minimum atomic E-state index is 0.371. The zero-order valence-corrected chi connectivity index (χ0v) is 17.2. The molecule has 0 aliphatic rings. The summed E-state index contributed by atoms with van der Waals surface area (Å²) in [5, 5.41) is 2.55. The van der Waals surface area contributed by atoms with Crippen molar-refractivity contribution in [3.05, 3.63) is 47.5 Å². The van der Waals surface area contributed by atoms with Crippen LogP contribution in [0, 0.1) is 0 Å². The number of para-hydroxylation sites is 1. The molecule has 3 rings (SSSR count). The normalized spacial score (nSPS) is 11.3. The Hall–Kier alpha value is -1.52. The number of benzene rings is 2. The van der Waals surface area contributed by atoms with Crippen LogP contribution in [0.2, 0.25) is 0 Å². The van der Waals surface area contributed by atoms with Gasteiger partial charge < -0.3 is 0 Å². The summed E-state index contributed by atoms with van der Waals surface area (Å²) in [5.74, 6) is 0.742. The highest BCUT2D eigenvalue weighted by atomic mass is 32.2. The molecular formula is C20H20N2S3. The summed E-state index contributed by atoms with van der Waals surface area (Å²) < 4.78 is 2.29. The molecule has 0 aliphatic carbocycles. The van der Waals surface area contributed by atoms with Crippen molar-refractivity contribution in [2.75, 3.05) is 0 Å². The van der Waals surface area contributed by atoms with E-state index in [2.05, 4.69) is 68.2 Å². The fourth-order valence-electron chi connectivity index (χ4n) is 2.76. The average molecular weight is 385 g/mol. The van der Waals surface area contributed by atoms with Gasteiger partial charge in [-0.1, -0.05) is 51.6 Å². The fourth-order valence-corrected chi connectivity index (χ4v) is 4.99. The number of isothiocyanates is 1. The van der Waals surface area contributed by atoms with Crippen LogP contribution in [0.1, 0.15) is 50.7 Å². The number of nitrogens with zero attached hydrogens (tertiary/aromatic N) is 2. The Morgan fingerprint density at radius 3 is 2.28 bits per heavy atom. The number of hydrogen-bond donors (Lipinski definition) is 0. The molecule has 5 heteroatoms. The third kappa shape index (κ3) is 4.01. The van der Waals surface area contributed by atoms with Crippen LogP contribution in [0.25, 0.3) is 10.2 Å². The SMILES string of the molecule is CC(C)c1cc(Sc2nc3ccccc3s2)cc(C(C)C)c1N=C=S. The van der Waals surface area contributed by atoms with Crippen LogP contribution in [-0.2, 0) is 0 Å². The highest BCUT2D eigenvalue weighted by molar-refractivity contribution is 8.01. The first kappa shape index (κ1) is 18.3. The molecule has 1 heterocycles. The number of rotatable bonds is 5. The lowest BCUT2D eigenvalue weighted by Gasteiger charge is -2.17. The standard InChI is InChI=1S/C20H20N2S3/c1-12(2)15-9-14(10-16(13(3)4)19(15)21-11-23)24-20-22-17-7-5-6-8-18(17)25-20/h5-10,12-13H,1-4H3. The van der Waals surface area contributed by atoms with Gasteiger partial charge in [0.25, 0.3) is 0 Å². The van der Waals surface area contributed by atoms with Gasteiger partial charge in [0.05, 0.1) is 21.1 Å². The smallest absolute Gasteiger partial charge is 0.155 e. The van der Waals surface area contributed by atoms with E-state index in [1.54, 1.807) is 23.1 Å². The topological polar surface area (TPSA) is 25.2 Å². The lowest BCUT2D eigenvalue weighted by molar-refractivity contribution is 0.828. The van der Waals surface area contributed by atoms with Gasteiger partial charge in [-0.3, -0.25) is 0 Å². The summed E-state index contributed by atoms with van der Waals surface area (Å²) in [6.45, 7) is 8.75. The minimum absolute atomic E-state index is 0.371. The molecule has 0 saturated carbocycles. The molecule has 0 amide bonds. The van der Waals surface area contributed by atoms with Crippen LogP contribution < -0.4 is 0 Å². The van der Waals surface area contributed by atoms with E-state index in [4.69, 9.17) is 17.2 Å². The predicted octanol–water partition coefficient (Wildman–Crippen LogP) is 7.43. The van der Waals surface area contributed by atoms with Crippen molar-refractivity contribution in [1.82, 2.24) is 4.98 Å². The molecule has 128 valence electrons. The van der Waals surface area contributed by atoms with Crippen LogP contribution in [0.15, 0.2) is 50.6 Å². The van der Waals surface area contributed by atoms with E-state index in [9.17, 15) is 0 Å². The van der Waals surface area contributed by atoms with E-state index in [0.717, 1.165) is 15.5 Å². The second-order valence-electron chi connectivity index (χ2n) is 6.51. The lowest BCUT2D eigenvalue weighted by atomic mass is 9.93. The first-order valence-electron chi connectivity index (χ1n) is 8.28. The van der Waals surface area contributed by atoms with Gasteiger partial charge in [0.2, 0.25) is 0 Å². The largest absolute Gasteiger partial charge is 0.229 e. The number of aromatic nitrogens is 1. The Morgan fingerprint density at radius 2 is 1.72 bits per heavy atom. The molecule has 0 unspecified atom stereocenters. The molecule has 0 spiro atoms. The Balaban J connectivity index is 2.07. The monoisotopic (exact) mass is 384 g/mol. The molecule has 0 fully saturated rings. The molecule has 2 nitrogen and oxygen atoms in total. The Kier molecular flexibility index (Phi) is 5.70. The average Bonchev–Trinajstić information content (AvgIpc) is 2.97. The van der Waals surface area contributed by atoms with Crippen LogP contribution in [-0.4, -0.2) is 10.1 Å². The van der Waals surface area contributed by atoms with Gasteiger partial charge in [0.1, 0.15) is 0 Å². The van der Waals surface area contributed by atoms with Crippen molar-refractivity contribution < 1.29 is 0 Å². The van der Waals surface area contributed by atoms with Crippen LogP contribution in [0.5, 0.6) is 0 Å². The van der Waals surface area contributed by atoms with Gasteiger partial charge in [-0.05, 0) is 59.4 Å². The van der Waals surface area contributed by atoms with Crippen molar-refractivity contribution in [3.8, 4) is 0 Å². The number of hydrogen-bond acceptors (Lipinski definition) is 5. The van der Waals surface area contributed by atoms with Gasteiger partial charge >= 0.3 is 0 Å². The highest BCUT2D eigenvalue weighted by Gasteiger charge is 2.17. The third-order valence-electron chi connectivity index (χ3n) is 4.02. The van der Waals surface area contributed by atoms with Gasteiger partial charge in [-0.25, -0.2) is 4.98 Å². The molecule has 0 N–H and O–H groups in total. The van der Waals surface area contributed by atoms with Gasteiger partial charge in [0.15, 0.2) is 4.34 Å². The predicted molar refractivity (Wildman–Crippen MR) is 113 cm³/mol. The molecule has 3 aromatic rings. The number of thiazole rings is 1. The molecule has 2 aromatic carbocycles. The van der Waals surface area contributed by atoms with Crippen molar-refractivity contribution in [2.24, 2.45) is 4.99 Å². The Morgan fingerprint density at radius 1 is 1.08 bits per heavy atom. The molecule has 25 heavy (non-hydrogen) atoms. The van der Waals surface area contributed by atoms with Crippen LogP contribution >= 0.6 is 35.3 Å². The minimum Gasteiger partial charge on any atom is -0.229 e. The Bertz CT molecular complexity index is 888. The number of fused-ring (bicyclic) bond motifs is 1. The second kappa shape index (κ2) is 7.79. The molecule has 1 aromatic heterocycles. The van der Waals surface area contributed by atoms with E-state index < -0.39 is 0 Å². The first-order valence-corrected chi connectivity index (χ1v) is 10.3. The summed E-state index contributed by atoms with van der Waals surface area (Å²) in [4.78, 5) is 10.3. The van der Waals surface area contributed by atoms with E-state index in [1.165, 1.54) is 20.7 Å². The van der Waals surface area contributed by atoms with E-state index in [1.807, 2.05) is 6.07 Å². The van der Waals surface area contributed by atoms with Gasteiger partial charge in [-0.15, -0.1) is 11.3 Å². The molecule has 0 aliphatic heterocycles. The van der Waals surface area contributed by atoms with Crippen LogP contribution in [0.3, 0.4) is 0 Å². The molecule has 0 saturated heterocycles. The van der Waals surface area contributed by atoms with E-state index in [-0.39, 0.29) is 0 Å². The summed E-state index contributed by atoms with van der Waals surface area (Å²) >= 11 is 8.33. The zero-order valence-electron chi connectivity index (χ0n) is 14.7. The van der Waals surface area contributed by atoms with Crippen molar-refractivity contribution in [3.63, 3.8) is 0 Å². The maximum absolute atomic E-state index is 4.87. The zero-order chi connectivity index (χ0) is 18.0. The van der Waals surface area contributed by atoms with Gasteiger partial charge in [-0.2, -0.15) is 4.99 Å². The Labute approximate surface area is 162 Å². The molecular weight excluding hydrogens is 364 g/mol. The van der Waals surface area contributed by atoms with Crippen molar-refractivity contribution in [2.45, 2.75) is 48.8 Å². The second-order valence-corrected chi connectivity index (χ2v) is 9.05. The first-order chi connectivity index (χ1) is 12.0. The molecule has 0 bridgehead atoms. The van der Waals surface area contributed by atoms with E-state index in [0.29, 0.717) is 11.8 Å². The third-order valence-corrected chi connectivity index (χ3v) is 6.18. The quantitative estimate of drug-likeness (QED) is 0.338. The number of aliphatic imine (C=N–C) groups is 1. The highest BCUT2D eigenvalue weighted by Crippen LogP contribution is 2.41. The summed E-state index contributed by atoms with van der Waals surface area (Å²) in [6.07, 6.45) is 0. The number of thiocarbonyl (C=S) groups is 1. The molecule has 0 radical (unpaired) electrons. The van der Waals surface area contributed by atoms with E-state index >= 15 is 0 Å². The van der Waals surface area contributed by atoms with Crippen LogP contribution in [0.4, 0.5) is 5.69 Å². The maximum Gasteiger partial charge on any atom is 0.155 e. The lowest BCUT2D eigenvalue weighted by Crippen LogP contribution is -1.96. The van der Waals surface area contributed by atoms with Crippen molar-refractivity contribution >= 4 is 56.4 Å². The summed E-state index contributed by atoms with van der Waals surface area (Å²) in [7, 11) is 0. The maximum atomic E-state index is 4.87. The molecule has 0 atom stereocenters. The summed E-state index contributed by atoms with van der Waals surface area (Å²) in [6, 6.07) is 12.7. The summed E-state index contributed by atoms with van der Waals surface area (Å²) in [5.41, 5.74) is 4.47.